The molecule has 4 N–H and O–H groups in total. The normalized spacial score (nSPS) is 11.3. The van der Waals surface area contributed by atoms with Gasteiger partial charge in [0, 0.05) is 46.4 Å². The van der Waals surface area contributed by atoms with Crippen LogP contribution in [-0.2, 0) is 5.41 Å². The van der Waals surface area contributed by atoms with Crippen molar-refractivity contribution in [3.63, 3.8) is 0 Å². The number of amides is 1. The molecule has 0 aliphatic rings. The molecule has 9 heteroatoms. The second kappa shape index (κ2) is 8.93. The number of aromatic nitrogens is 5. The van der Waals surface area contributed by atoms with Gasteiger partial charge in [-0.15, -0.1) is 0 Å². The Morgan fingerprint density at radius 3 is 2.53 bits per heavy atom. The van der Waals surface area contributed by atoms with Crippen molar-refractivity contribution in [3.05, 3.63) is 77.5 Å². The first-order valence-electron chi connectivity index (χ1n) is 10.9. The molecule has 4 aromatic rings. The smallest absolute Gasteiger partial charge is 0.255 e. The van der Waals surface area contributed by atoms with Gasteiger partial charge in [-0.1, -0.05) is 26.8 Å². The molecule has 1 aromatic carbocycles. The van der Waals surface area contributed by atoms with E-state index < -0.39 is 0 Å². The van der Waals surface area contributed by atoms with Gasteiger partial charge in [-0.2, -0.15) is 9.78 Å². The highest BCUT2D eigenvalue weighted by molar-refractivity contribution is 6.04. The Morgan fingerprint density at radius 1 is 1.00 bits per heavy atom. The molecule has 0 unspecified atom stereocenters. The second-order valence-corrected chi connectivity index (χ2v) is 9.17. The summed E-state index contributed by atoms with van der Waals surface area (Å²) >= 11 is 0. The van der Waals surface area contributed by atoms with Crippen LogP contribution in [0.25, 0.3) is 5.82 Å². The summed E-state index contributed by atoms with van der Waals surface area (Å²) in [7, 11) is 0. The van der Waals surface area contributed by atoms with E-state index in [9.17, 15) is 4.79 Å². The quantitative estimate of drug-likeness (QED) is 0.402. The molecule has 0 fully saturated rings. The number of anilines is 4. The molecule has 34 heavy (non-hydrogen) atoms. The summed E-state index contributed by atoms with van der Waals surface area (Å²) in [4.78, 5) is 25.5. The summed E-state index contributed by atoms with van der Waals surface area (Å²) in [5, 5.41) is 10.9. The van der Waals surface area contributed by atoms with Crippen LogP contribution in [0.4, 0.5) is 23.0 Å². The molecule has 0 saturated carbocycles. The molecule has 0 aliphatic heterocycles. The minimum Gasteiger partial charge on any atom is -0.384 e. The number of aryl methyl sites for hydroxylation is 2. The number of carbonyl (C=O) groups excluding carboxylic acids is 1. The van der Waals surface area contributed by atoms with Crippen molar-refractivity contribution in [1.29, 1.82) is 0 Å². The number of nitrogens with zero attached hydrogens (tertiary/aromatic N) is 5. The van der Waals surface area contributed by atoms with Gasteiger partial charge >= 0.3 is 0 Å². The number of carbonyl (C=O) groups is 1. The summed E-state index contributed by atoms with van der Waals surface area (Å²) in [6.07, 6.45) is 3.07. The second-order valence-electron chi connectivity index (χ2n) is 9.17. The molecule has 0 radical (unpaired) electrons. The summed E-state index contributed by atoms with van der Waals surface area (Å²) in [5.41, 5.74) is 10.4. The van der Waals surface area contributed by atoms with Gasteiger partial charge in [0.2, 0.25) is 0 Å². The van der Waals surface area contributed by atoms with Crippen LogP contribution in [0.15, 0.2) is 55.0 Å². The molecule has 0 atom stereocenters. The minimum absolute atomic E-state index is 0.146. The summed E-state index contributed by atoms with van der Waals surface area (Å²) < 4.78 is 1.67. The van der Waals surface area contributed by atoms with Crippen LogP contribution in [0.5, 0.6) is 0 Å². The van der Waals surface area contributed by atoms with Crippen molar-refractivity contribution >= 4 is 28.9 Å². The highest BCUT2D eigenvalue weighted by Crippen LogP contribution is 2.27. The third-order valence-electron chi connectivity index (χ3n) is 5.27. The number of rotatable bonds is 5. The Balaban J connectivity index is 1.59. The zero-order valence-corrected chi connectivity index (χ0v) is 19.9. The first kappa shape index (κ1) is 22.9. The van der Waals surface area contributed by atoms with E-state index in [0.717, 1.165) is 22.6 Å². The van der Waals surface area contributed by atoms with Crippen LogP contribution in [-0.4, -0.2) is 30.6 Å². The third kappa shape index (κ3) is 5.03. The van der Waals surface area contributed by atoms with E-state index in [0.29, 0.717) is 28.7 Å². The molecule has 3 heterocycles. The van der Waals surface area contributed by atoms with Gasteiger partial charge in [0.25, 0.3) is 5.91 Å². The molecule has 174 valence electrons. The Kier molecular flexibility index (Phi) is 6.02. The van der Waals surface area contributed by atoms with Crippen molar-refractivity contribution in [2.45, 2.75) is 40.0 Å². The maximum Gasteiger partial charge on any atom is 0.255 e. The zero-order chi connectivity index (χ0) is 24.5. The number of nitrogens with two attached hydrogens (primary N) is 1. The summed E-state index contributed by atoms with van der Waals surface area (Å²) in [6.45, 7) is 10.1. The largest absolute Gasteiger partial charge is 0.384 e. The van der Waals surface area contributed by atoms with Gasteiger partial charge in [-0.3, -0.25) is 9.78 Å². The number of hydrogen-bond donors (Lipinski definition) is 3. The van der Waals surface area contributed by atoms with Crippen molar-refractivity contribution in [2.24, 2.45) is 0 Å². The van der Waals surface area contributed by atoms with Gasteiger partial charge in [-0.05, 0) is 43.7 Å². The van der Waals surface area contributed by atoms with Crippen molar-refractivity contribution < 1.29 is 4.79 Å². The van der Waals surface area contributed by atoms with E-state index in [1.165, 1.54) is 6.33 Å². The molecule has 0 spiro atoms. The number of pyridine rings is 1. The average molecular weight is 457 g/mol. The Morgan fingerprint density at radius 2 is 1.79 bits per heavy atom. The number of hydrogen-bond acceptors (Lipinski definition) is 7. The fraction of sp³-hybridized carbons (Fsp3) is 0.240. The first-order chi connectivity index (χ1) is 16.1. The number of nitrogen functional groups attached to an aromatic ring is 1. The van der Waals surface area contributed by atoms with Crippen LogP contribution in [0.3, 0.4) is 0 Å². The van der Waals surface area contributed by atoms with Crippen LogP contribution in [0, 0.1) is 13.8 Å². The predicted octanol–water partition coefficient (Wildman–Crippen LogP) is 4.55. The molecule has 3 aromatic heterocycles. The van der Waals surface area contributed by atoms with Crippen molar-refractivity contribution in [2.75, 3.05) is 16.4 Å². The molecular weight excluding hydrogens is 428 g/mol. The van der Waals surface area contributed by atoms with Gasteiger partial charge in [0.1, 0.15) is 18.0 Å². The topological polar surface area (TPSA) is 124 Å². The highest BCUT2D eigenvalue weighted by atomic mass is 16.1. The van der Waals surface area contributed by atoms with Crippen molar-refractivity contribution in [1.82, 2.24) is 24.7 Å². The fourth-order valence-corrected chi connectivity index (χ4v) is 3.40. The lowest BCUT2D eigenvalue weighted by Crippen LogP contribution is -2.17. The number of nitrogens with one attached hydrogen (secondary N) is 2. The van der Waals surface area contributed by atoms with E-state index in [1.54, 1.807) is 23.0 Å². The van der Waals surface area contributed by atoms with E-state index in [2.05, 4.69) is 51.5 Å². The lowest BCUT2D eigenvalue weighted by molar-refractivity contribution is 0.102. The van der Waals surface area contributed by atoms with Gasteiger partial charge in [0.15, 0.2) is 5.82 Å². The van der Waals surface area contributed by atoms with Crippen LogP contribution in [0.2, 0.25) is 0 Å². The van der Waals surface area contributed by atoms with Gasteiger partial charge in [0.05, 0.1) is 5.69 Å². The third-order valence-corrected chi connectivity index (χ3v) is 5.27. The van der Waals surface area contributed by atoms with E-state index in [4.69, 9.17) is 5.73 Å². The molecular formula is C25H28N8O. The van der Waals surface area contributed by atoms with E-state index >= 15 is 0 Å². The lowest BCUT2D eigenvalue weighted by Gasteiger charge is -2.18. The zero-order valence-electron chi connectivity index (χ0n) is 19.9. The molecule has 4 rings (SSSR count). The van der Waals surface area contributed by atoms with Gasteiger partial charge < -0.3 is 16.4 Å². The molecule has 0 aliphatic carbocycles. The maximum atomic E-state index is 12.9. The maximum absolute atomic E-state index is 12.9. The van der Waals surface area contributed by atoms with Crippen LogP contribution in [0.1, 0.15) is 48.1 Å². The minimum atomic E-state index is -0.194. The van der Waals surface area contributed by atoms with Crippen molar-refractivity contribution in [3.8, 4) is 5.82 Å². The first-order valence-corrected chi connectivity index (χ1v) is 10.9. The van der Waals surface area contributed by atoms with E-state index in [-0.39, 0.29) is 11.3 Å². The Bertz CT molecular complexity index is 1350. The molecule has 0 bridgehead atoms. The number of benzene rings is 1. The fourth-order valence-electron chi connectivity index (χ4n) is 3.40. The van der Waals surface area contributed by atoms with Crippen LogP contribution >= 0.6 is 0 Å². The highest BCUT2D eigenvalue weighted by Gasteiger charge is 2.18. The Labute approximate surface area is 198 Å². The molecule has 0 saturated heterocycles. The van der Waals surface area contributed by atoms with Gasteiger partial charge in [-0.25, -0.2) is 9.97 Å². The average Bonchev–Trinajstić information content (AvgIpc) is 3.15. The van der Waals surface area contributed by atoms with E-state index in [1.807, 2.05) is 44.2 Å². The molecule has 9 nitrogen and oxygen atoms in total. The summed E-state index contributed by atoms with van der Waals surface area (Å²) in [5.74, 6) is 1.43. The predicted molar refractivity (Wildman–Crippen MR) is 134 cm³/mol. The summed E-state index contributed by atoms with van der Waals surface area (Å²) in [6, 6.07) is 12.8. The lowest BCUT2D eigenvalue weighted by atomic mass is 9.91. The van der Waals surface area contributed by atoms with Crippen LogP contribution < -0.4 is 16.4 Å². The molecule has 1 amide bonds. The monoisotopic (exact) mass is 456 g/mol. The Hall–Kier alpha value is -4.27. The standard InChI is InChI=1S/C25H28N8O/c1-15-6-7-18(30-24(34)17-8-9-27-20(11-17)25(3,4)5)12-19(15)31-23-10-16(2)32-33(23)22-13-21(26)28-14-29-22/h6-14,31H,1-5H3,(H,30,34)(H2,26,28,29). The SMILES string of the molecule is Cc1cc(Nc2cc(NC(=O)c3ccnc(C(C)(C)C)c3)ccc2C)n(-c2cc(N)ncn2)n1.